The summed E-state index contributed by atoms with van der Waals surface area (Å²) in [4.78, 5) is 12.1. The summed E-state index contributed by atoms with van der Waals surface area (Å²) < 4.78 is 4.95. The molecule has 0 aromatic heterocycles. The number of benzene rings is 1. The summed E-state index contributed by atoms with van der Waals surface area (Å²) in [6.07, 6.45) is 0. The molecule has 118 valence electrons. The van der Waals surface area contributed by atoms with Crippen LogP contribution in [-0.4, -0.2) is 32.7 Å². The minimum Gasteiger partial charge on any atom is -0.383 e. The molecule has 0 saturated carbocycles. The topological polar surface area (TPSA) is 50.4 Å². The van der Waals surface area contributed by atoms with Crippen LogP contribution in [0.4, 0.5) is 0 Å². The van der Waals surface area contributed by atoms with E-state index < -0.39 is 0 Å². The summed E-state index contributed by atoms with van der Waals surface area (Å²) in [6.45, 7) is 10.1. The molecule has 0 fully saturated rings. The van der Waals surface area contributed by atoms with E-state index in [0.717, 1.165) is 5.56 Å². The van der Waals surface area contributed by atoms with E-state index in [-0.39, 0.29) is 17.4 Å². The molecule has 1 amide bonds. The van der Waals surface area contributed by atoms with Gasteiger partial charge in [0.1, 0.15) is 0 Å². The van der Waals surface area contributed by atoms with Gasteiger partial charge in [-0.1, -0.05) is 50.6 Å². The highest BCUT2D eigenvalue weighted by Crippen LogP contribution is 2.32. The Morgan fingerprint density at radius 2 is 2.05 bits per heavy atom. The Morgan fingerprint density at radius 1 is 1.33 bits per heavy atom. The number of nitrogens with one attached hydrogen (secondary N) is 2. The van der Waals surface area contributed by atoms with Gasteiger partial charge >= 0.3 is 0 Å². The van der Waals surface area contributed by atoms with Crippen LogP contribution < -0.4 is 10.6 Å². The fraction of sp³-hybridized carbons (Fsp3) is 0.588. The lowest BCUT2D eigenvalue weighted by Gasteiger charge is -2.32. The van der Waals surface area contributed by atoms with E-state index in [2.05, 4.69) is 56.5 Å². The molecule has 0 saturated heterocycles. The third-order valence-corrected chi connectivity index (χ3v) is 3.32. The van der Waals surface area contributed by atoms with Crippen molar-refractivity contribution in [3.8, 4) is 0 Å². The van der Waals surface area contributed by atoms with Crippen LogP contribution in [0.15, 0.2) is 24.3 Å². The second-order valence-corrected chi connectivity index (χ2v) is 6.45. The van der Waals surface area contributed by atoms with E-state index in [1.54, 1.807) is 7.11 Å². The van der Waals surface area contributed by atoms with Crippen molar-refractivity contribution in [3.05, 3.63) is 35.4 Å². The molecule has 1 unspecified atom stereocenters. The zero-order valence-electron chi connectivity index (χ0n) is 13.8. The predicted molar refractivity (Wildman–Crippen MR) is 86.3 cm³/mol. The Labute approximate surface area is 128 Å². The van der Waals surface area contributed by atoms with Crippen LogP contribution in [0, 0.1) is 12.3 Å². The molecule has 0 radical (unpaired) electrons. The standard InChI is InChI=1S/C17H28N2O2/c1-13-7-6-8-14(11-13)16(17(2,3)4)19-15(20)12-18-9-10-21-5/h6-8,11,16,18H,9-10,12H2,1-5H3,(H,19,20). The number of hydrogen-bond acceptors (Lipinski definition) is 3. The number of rotatable bonds is 7. The zero-order valence-corrected chi connectivity index (χ0v) is 13.8. The first-order chi connectivity index (χ1) is 9.84. The molecule has 1 aromatic rings. The van der Waals surface area contributed by atoms with Gasteiger partial charge in [0.15, 0.2) is 0 Å². The van der Waals surface area contributed by atoms with Crippen molar-refractivity contribution in [2.24, 2.45) is 5.41 Å². The Morgan fingerprint density at radius 3 is 2.62 bits per heavy atom. The third kappa shape index (κ3) is 6.27. The molecule has 0 spiro atoms. The second-order valence-electron chi connectivity index (χ2n) is 6.45. The number of aryl methyl sites for hydroxylation is 1. The molecule has 4 heteroatoms. The molecule has 0 aliphatic heterocycles. The summed E-state index contributed by atoms with van der Waals surface area (Å²) in [7, 11) is 1.65. The summed E-state index contributed by atoms with van der Waals surface area (Å²) in [5, 5.41) is 6.20. The molecular formula is C17H28N2O2. The Hall–Kier alpha value is -1.39. The molecule has 0 heterocycles. The SMILES string of the molecule is COCCNCC(=O)NC(c1cccc(C)c1)C(C)(C)C. The smallest absolute Gasteiger partial charge is 0.234 e. The van der Waals surface area contributed by atoms with Crippen molar-refractivity contribution in [1.29, 1.82) is 0 Å². The van der Waals surface area contributed by atoms with Crippen LogP contribution >= 0.6 is 0 Å². The fourth-order valence-corrected chi connectivity index (χ4v) is 2.24. The van der Waals surface area contributed by atoms with Gasteiger partial charge in [0, 0.05) is 13.7 Å². The Balaban J connectivity index is 2.70. The van der Waals surface area contributed by atoms with E-state index in [1.165, 1.54) is 5.56 Å². The number of methoxy groups -OCH3 is 1. The summed E-state index contributed by atoms with van der Waals surface area (Å²) >= 11 is 0. The summed E-state index contributed by atoms with van der Waals surface area (Å²) in [6, 6.07) is 8.30. The number of hydrogen-bond donors (Lipinski definition) is 2. The van der Waals surface area contributed by atoms with Gasteiger partial charge in [0.05, 0.1) is 19.2 Å². The van der Waals surface area contributed by atoms with Crippen molar-refractivity contribution < 1.29 is 9.53 Å². The quantitative estimate of drug-likeness (QED) is 0.759. The van der Waals surface area contributed by atoms with Crippen LogP contribution in [0.1, 0.15) is 37.9 Å². The Bertz CT molecular complexity index is 452. The number of carbonyl (C=O) groups is 1. The molecule has 4 nitrogen and oxygen atoms in total. The van der Waals surface area contributed by atoms with Crippen molar-refractivity contribution >= 4 is 5.91 Å². The number of carbonyl (C=O) groups excluding carboxylic acids is 1. The predicted octanol–water partition coefficient (Wildman–Crippen LogP) is 2.43. The largest absolute Gasteiger partial charge is 0.383 e. The minimum absolute atomic E-state index is 0.00544. The molecule has 2 N–H and O–H groups in total. The molecule has 21 heavy (non-hydrogen) atoms. The molecule has 0 bridgehead atoms. The molecule has 1 rings (SSSR count). The van der Waals surface area contributed by atoms with Crippen LogP contribution in [-0.2, 0) is 9.53 Å². The maximum Gasteiger partial charge on any atom is 0.234 e. The molecule has 1 atom stereocenters. The number of ether oxygens (including phenoxy) is 1. The average Bonchev–Trinajstić information content (AvgIpc) is 2.40. The van der Waals surface area contributed by atoms with Gasteiger partial charge in [0.2, 0.25) is 5.91 Å². The van der Waals surface area contributed by atoms with Crippen molar-refractivity contribution in [3.63, 3.8) is 0 Å². The lowest BCUT2D eigenvalue weighted by molar-refractivity contribution is -0.121. The monoisotopic (exact) mass is 292 g/mol. The van der Waals surface area contributed by atoms with Crippen LogP contribution in [0.5, 0.6) is 0 Å². The van der Waals surface area contributed by atoms with Crippen molar-refractivity contribution in [2.45, 2.75) is 33.7 Å². The van der Waals surface area contributed by atoms with E-state index in [4.69, 9.17) is 4.74 Å². The highest BCUT2D eigenvalue weighted by atomic mass is 16.5. The van der Waals surface area contributed by atoms with Crippen molar-refractivity contribution in [2.75, 3.05) is 26.8 Å². The van der Waals surface area contributed by atoms with Gasteiger partial charge in [0.25, 0.3) is 0 Å². The van der Waals surface area contributed by atoms with Gasteiger partial charge in [-0.2, -0.15) is 0 Å². The van der Waals surface area contributed by atoms with Gasteiger partial charge < -0.3 is 15.4 Å². The van der Waals surface area contributed by atoms with E-state index >= 15 is 0 Å². The highest BCUT2D eigenvalue weighted by molar-refractivity contribution is 5.78. The maximum atomic E-state index is 12.1. The fourth-order valence-electron chi connectivity index (χ4n) is 2.24. The van der Waals surface area contributed by atoms with Gasteiger partial charge in [-0.05, 0) is 17.9 Å². The summed E-state index contributed by atoms with van der Waals surface area (Å²) in [5.41, 5.74) is 2.30. The minimum atomic E-state index is -0.0457. The first kappa shape index (κ1) is 17.7. The first-order valence-corrected chi connectivity index (χ1v) is 7.40. The summed E-state index contributed by atoms with van der Waals surface area (Å²) in [5.74, 6) is 0.00698. The van der Waals surface area contributed by atoms with E-state index in [9.17, 15) is 4.79 Å². The maximum absolute atomic E-state index is 12.1. The Kier molecular flexibility index (Phi) is 6.85. The van der Waals surface area contributed by atoms with Crippen LogP contribution in [0.3, 0.4) is 0 Å². The van der Waals surface area contributed by atoms with Crippen molar-refractivity contribution in [1.82, 2.24) is 10.6 Å². The van der Waals surface area contributed by atoms with Gasteiger partial charge in [-0.15, -0.1) is 0 Å². The lowest BCUT2D eigenvalue weighted by atomic mass is 9.82. The average molecular weight is 292 g/mol. The highest BCUT2D eigenvalue weighted by Gasteiger charge is 2.27. The first-order valence-electron chi connectivity index (χ1n) is 7.40. The molecule has 0 aliphatic rings. The van der Waals surface area contributed by atoms with Crippen LogP contribution in [0.2, 0.25) is 0 Å². The van der Waals surface area contributed by atoms with E-state index in [1.807, 2.05) is 6.07 Å². The van der Waals surface area contributed by atoms with Gasteiger partial charge in [-0.3, -0.25) is 4.79 Å². The molecule has 1 aromatic carbocycles. The second kappa shape index (κ2) is 8.15. The number of amides is 1. The third-order valence-electron chi connectivity index (χ3n) is 3.32. The molecule has 0 aliphatic carbocycles. The van der Waals surface area contributed by atoms with Crippen LogP contribution in [0.25, 0.3) is 0 Å². The van der Waals surface area contributed by atoms with Gasteiger partial charge in [-0.25, -0.2) is 0 Å². The van der Waals surface area contributed by atoms with E-state index in [0.29, 0.717) is 19.7 Å². The lowest BCUT2D eigenvalue weighted by Crippen LogP contribution is -2.41. The normalized spacial score (nSPS) is 13.0. The molecular weight excluding hydrogens is 264 g/mol. The zero-order chi connectivity index (χ0) is 15.9.